The van der Waals surface area contributed by atoms with Crippen LogP contribution in [0.3, 0.4) is 0 Å². The molecule has 0 unspecified atom stereocenters. The Morgan fingerprint density at radius 1 is 0.889 bits per heavy atom. The van der Waals surface area contributed by atoms with Crippen molar-refractivity contribution in [1.29, 1.82) is 0 Å². The van der Waals surface area contributed by atoms with Crippen molar-refractivity contribution < 1.29 is 0 Å². The minimum absolute atomic E-state index is 0.719. The van der Waals surface area contributed by atoms with E-state index in [1.165, 1.54) is 51.4 Å². The molecule has 2 aliphatic rings. The highest BCUT2D eigenvalue weighted by Gasteiger charge is 2.19. The summed E-state index contributed by atoms with van der Waals surface area (Å²) in [5, 5.41) is 0. The van der Waals surface area contributed by atoms with E-state index in [0.717, 1.165) is 5.92 Å². The van der Waals surface area contributed by atoms with Gasteiger partial charge in [0.1, 0.15) is 0 Å². The lowest BCUT2D eigenvalue weighted by molar-refractivity contribution is 0.542. The van der Waals surface area contributed by atoms with Crippen molar-refractivity contribution in [2.45, 2.75) is 58.3 Å². The molecule has 0 N–H and O–H groups in total. The van der Waals surface area contributed by atoms with Crippen LogP contribution in [0.1, 0.15) is 58.3 Å². The molecule has 0 saturated carbocycles. The number of rotatable bonds is 8. The molecule has 0 atom stereocenters. The Hall–Kier alpha value is -1.04. The third-order valence-electron chi connectivity index (χ3n) is 4.09. The molecule has 0 spiro atoms. The first-order valence-electron chi connectivity index (χ1n) is 7.63. The molecule has 0 saturated heterocycles. The Morgan fingerprint density at radius 2 is 1.50 bits per heavy atom. The molecule has 0 amide bonds. The van der Waals surface area contributed by atoms with Crippen LogP contribution >= 0.6 is 0 Å². The van der Waals surface area contributed by atoms with Crippen LogP contribution in [0.5, 0.6) is 0 Å². The largest absolute Gasteiger partial charge is 0.0804 e. The van der Waals surface area contributed by atoms with Crippen LogP contribution in [0.25, 0.3) is 0 Å². The molecule has 0 aromatic rings. The number of hydrogen-bond acceptors (Lipinski definition) is 0. The topological polar surface area (TPSA) is 0 Å². The van der Waals surface area contributed by atoms with Gasteiger partial charge < -0.3 is 0 Å². The fourth-order valence-corrected chi connectivity index (χ4v) is 3.01. The van der Waals surface area contributed by atoms with Gasteiger partial charge in [-0.2, -0.15) is 0 Å². The summed E-state index contributed by atoms with van der Waals surface area (Å²) in [6, 6.07) is 0. The van der Waals surface area contributed by atoms with Crippen molar-refractivity contribution in [2.75, 3.05) is 0 Å². The summed E-state index contributed by atoms with van der Waals surface area (Å²) in [5.41, 5.74) is 3.28. The Labute approximate surface area is 112 Å². The first kappa shape index (κ1) is 13.4. The van der Waals surface area contributed by atoms with Crippen molar-refractivity contribution in [3.8, 4) is 0 Å². The SMILES string of the molecule is CCCCCCCC(C1=CC=CC1)C1=CC=CC1. The highest BCUT2D eigenvalue weighted by Crippen LogP contribution is 2.34. The summed E-state index contributed by atoms with van der Waals surface area (Å²) in [5.74, 6) is 0.719. The van der Waals surface area contributed by atoms with E-state index in [1.807, 2.05) is 0 Å². The monoisotopic (exact) mass is 242 g/mol. The minimum Gasteiger partial charge on any atom is -0.0804 e. The second-order valence-corrected chi connectivity index (χ2v) is 5.50. The second kappa shape index (κ2) is 7.41. The quantitative estimate of drug-likeness (QED) is 0.476. The van der Waals surface area contributed by atoms with E-state index in [-0.39, 0.29) is 0 Å². The maximum absolute atomic E-state index is 2.34. The summed E-state index contributed by atoms with van der Waals surface area (Å²) in [6.07, 6.45) is 24.4. The molecule has 0 bridgehead atoms. The zero-order valence-corrected chi connectivity index (χ0v) is 11.7. The number of unbranched alkanes of at least 4 members (excludes halogenated alkanes) is 4. The van der Waals surface area contributed by atoms with Gasteiger partial charge in [0.2, 0.25) is 0 Å². The summed E-state index contributed by atoms with van der Waals surface area (Å²) < 4.78 is 0. The van der Waals surface area contributed by atoms with E-state index in [4.69, 9.17) is 0 Å². The highest BCUT2D eigenvalue weighted by atomic mass is 14.2. The van der Waals surface area contributed by atoms with Crippen molar-refractivity contribution in [1.82, 2.24) is 0 Å². The van der Waals surface area contributed by atoms with Gasteiger partial charge in [0.25, 0.3) is 0 Å². The van der Waals surface area contributed by atoms with Crippen LogP contribution in [0.4, 0.5) is 0 Å². The molecule has 0 aromatic carbocycles. The second-order valence-electron chi connectivity index (χ2n) is 5.50. The number of allylic oxidation sites excluding steroid dienone is 8. The van der Waals surface area contributed by atoms with Crippen LogP contribution in [-0.4, -0.2) is 0 Å². The van der Waals surface area contributed by atoms with E-state index in [2.05, 4.69) is 43.4 Å². The lowest BCUT2D eigenvalue weighted by Gasteiger charge is -2.20. The van der Waals surface area contributed by atoms with E-state index < -0.39 is 0 Å². The first-order valence-corrected chi connectivity index (χ1v) is 7.63. The van der Waals surface area contributed by atoms with Crippen molar-refractivity contribution >= 4 is 0 Å². The smallest absolute Gasteiger partial charge is 0.00194 e. The van der Waals surface area contributed by atoms with E-state index >= 15 is 0 Å². The van der Waals surface area contributed by atoms with E-state index in [1.54, 1.807) is 11.1 Å². The van der Waals surface area contributed by atoms with Gasteiger partial charge in [0.15, 0.2) is 0 Å². The minimum atomic E-state index is 0.719. The maximum Gasteiger partial charge on any atom is 0.00194 e. The summed E-state index contributed by atoms with van der Waals surface area (Å²) in [4.78, 5) is 0. The summed E-state index contributed by atoms with van der Waals surface area (Å²) in [7, 11) is 0. The predicted octanol–water partition coefficient (Wildman–Crippen LogP) is 5.74. The maximum atomic E-state index is 2.34. The number of hydrogen-bond donors (Lipinski definition) is 0. The average Bonchev–Trinajstić information content (AvgIpc) is 3.06. The van der Waals surface area contributed by atoms with Crippen LogP contribution in [0, 0.1) is 5.92 Å². The van der Waals surface area contributed by atoms with Gasteiger partial charge in [-0.05, 0) is 19.3 Å². The molecule has 0 heteroatoms. The Morgan fingerprint density at radius 3 is 2.00 bits per heavy atom. The fourth-order valence-electron chi connectivity index (χ4n) is 3.01. The van der Waals surface area contributed by atoms with Gasteiger partial charge in [0.05, 0.1) is 0 Å². The Kier molecular flexibility index (Phi) is 5.51. The zero-order chi connectivity index (χ0) is 12.6. The van der Waals surface area contributed by atoms with Gasteiger partial charge in [-0.25, -0.2) is 0 Å². The molecular weight excluding hydrogens is 216 g/mol. The lowest BCUT2D eigenvalue weighted by Crippen LogP contribution is -2.06. The van der Waals surface area contributed by atoms with Crippen molar-refractivity contribution in [2.24, 2.45) is 5.92 Å². The lowest BCUT2D eigenvalue weighted by atomic mass is 9.85. The molecule has 18 heavy (non-hydrogen) atoms. The third kappa shape index (κ3) is 3.73. The Bertz CT molecular complexity index is 335. The standard InChI is InChI=1S/C18H26/c1-2-3-4-5-6-15-18(16-11-7-8-12-16)17-13-9-10-14-17/h7-11,13,18H,2-6,12,14-15H2,1H3. The van der Waals surface area contributed by atoms with Gasteiger partial charge >= 0.3 is 0 Å². The highest BCUT2D eigenvalue weighted by molar-refractivity contribution is 5.35. The molecule has 0 aromatic heterocycles. The molecular formula is C18H26. The summed E-state index contributed by atoms with van der Waals surface area (Å²) >= 11 is 0. The normalized spacial score (nSPS) is 17.7. The first-order chi connectivity index (χ1) is 8.92. The molecule has 2 rings (SSSR count). The van der Waals surface area contributed by atoms with Gasteiger partial charge in [-0.15, -0.1) is 0 Å². The average molecular weight is 242 g/mol. The van der Waals surface area contributed by atoms with Crippen LogP contribution < -0.4 is 0 Å². The summed E-state index contributed by atoms with van der Waals surface area (Å²) in [6.45, 7) is 2.28. The molecule has 2 aliphatic carbocycles. The van der Waals surface area contributed by atoms with Gasteiger partial charge in [0, 0.05) is 5.92 Å². The molecule has 0 nitrogen and oxygen atoms in total. The van der Waals surface area contributed by atoms with Gasteiger partial charge in [-0.3, -0.25) is 0 Å². The molecule has 0 aliphatic heterocycles. The van der Waals surface area contributed by atoms with Crippen molar-refractivity contribution in [3.63, 3.8) is 0 Å². The Balaban J connectivity index is 1.81. The predicted molar refractivity (Wildman–Crippen MR) is 80.5 cm³/mol. The van der Waals surface area contributed by atoms with E-state index in [0.29, 0.717) is 0 Å². The van der Waals surface area contributed by atoms with Crippen molar-refractivity contribution in [3.05, 3.63) is 47.6 Å². The third-order valence-corrected chi connectivity index (χ3v) is 4.09. The molecule has 98 valence electrons. The van der Waals surface area contributed by atoms with Crippen LogP contribution in [-0.2, 0) is 0 Å². The van der Waals surface area contributed by atoms with Crippen LogP contribution in [0.15, 0.2) is 47.6 Å². The van der Waals surface area contributed by atoms with Crippen LogP contribution in [0.2, 0.25) is 0 Å². The molecule has 0 heterocycles. The zero-order valence-electron chi connectivity index (χ0n) is 11.7. The molecule has 0 fully saturated rings. The van der Waals surface area contributed by atoms with E-state index in [9.17, 15) is 0 Å². The van der Waals surface area contributed by atoms with Gasteiger partial charge in [-0.1, -0.05) is 86.6 Å². The molecule has 0 radical (unpaired) electrons. The fraction of sp³-hybridized carbons (Fsp3) is 0.556.